The minimum absolute atomic E-state index is 0.695. The van der Waals surface area contributed by atoms with Gasteiger partial charge in [-0.15, -0.1) is 0 Å². The number of rotatable bonds is 4. The first-order valence-corrected chi connectivity index (χ1v) is 8.18. The monoisotopic (exact) mass is 265 g/mol. The molecule has 3 heteroatoms. The molecule has 0 aromatic carbocycles. The second kappa shape index (κ2) is 5.01. The van der Waals surface area contributed by atoms with Gasteiger partial charge in [-0.1, -0.05) is 0 Å². The van der Waals surface area contributed by atoms with E-state index in [0.29, 0.717) is 5.41 Å². The summed E-state index contributed by atoms with van der Waals surface area (Å²) in [5, 5.41) is 0. The van der Waals surface area contributed by atoms with Gasteiger partial charge >= 0.3 is 0 Å². The van der Waals surface area contributed by atoms with Crippen molar-refractivity contribution in [1.82, 2.24) is 14.7 Å². The molecule has 3 fully saturated rings. The molecule has 0 amide bonds. The molecule has 0 N–H and O–H groups in total. The van der Waals surface area contributed by atoms with Gasteiger partial charge in [0.05, 0.1) is 0 Å². The van der Waals surface area contributed by atoms with E-state index in [2.05, 4.69) is 42.4 Å². The zero-order chi connectivity index (χ0) is 13.6. The molecular formula is C16H31N3. The first kappa shape index (κ1) is 13.8. The molecule has 3 rings (SSSR count). The van der Waals surface area contributed by atoms with E-state index >= 15 is 0 Å². The Morgan fingerprint density at radius 1 is 0.947 bits per heavy atom. The molecule has 0 bridgehead atoms. The Morgan fingerprint density at radius 2 is 1.58 bits per heavy atom. The van der Waals surface area contributed by atoms with E-state index in [1.807, 2.05) is 0 Å². The lowest BCUT2D eigenvalue weighted by atomic mass is 9.72. The standard InChI is InChI=1S/C16H31N3/c1-13(2)18-6-5-15(8-18)7-17-9-16(10-17)11-19(12-16)14(3)4/h13-15H,5-12H2,1-4H3/t15-/m0/s1. The molecule has 1 spiro atoms. The van der Waals surface area contributed by atoms with Gasteiger partial charge in [0.1, 0.15) is 0 Å². The van der Waals surface area contributed by atoms with E-state index in [9.17, 15) is 0 Å². The molecule has 0 aromatic heterocycles. The van der Waals surface area contributed by atoms with Crippen molar-refractivity contribution in [3.63, 3.8) is 0 Å². The van der Waals surface area contributed by atoms with Gasteiger partial charge in [-0.3, -0.25) is 4.90 Å². The summed E-state index contributed by atoms with van der Waals surface area (Å²) in [4.78, 5) is 7.98. The van der Waals surface area contributed by atoms with E-state index in [1.165, 1.54) is 52.2 Å². The number of likely N-dealkylation sites (tertiary alicyclic amines) is 3. The zero-order valence-corrected chi connectivity index (χ0v) is 13.2. The molecular weight excluding hydrogens is 234 g/mol. The Bertz CT molecular complexity index is 312. The van der Waals surface area contributed by atoms with Crippen LogP contribution in [0.15, 0.2) is 0 Å². The lowest BCUT2D eigenvalue weighted by molar-refractivity contribution is -0.128. The smallest absolute Gasteiger partial charge is 0.0212 e. The number of hydrogen-bond donors (Lipinski definition) is 0. The summed E-state index contributed by atoms with van der Waals surface area (Å²) in [6.07, 6.45) is 1.42. The lowest BCUT2D eigenvalue weighted by Crippen LogP contribution is -2.73. The van der Waals surface area contributed by atoms with Crippen molar-refractivity contribution in [2.24, 2.45) is 11.3 Å². The van der Waals surface area contributed by atoms with E-state index in [1.54, 1.807) is 0 Å². The van der Waals surface area contributed by atoms with Gasteiger partial charge in [-0.25, -0.2) is 0 Å². The summed E-state index contributed by atoms with van der Waals surface area (Å²) in [6.45, 7) is 18.8. The summed E-state index contributed by atoms with van der Waals surface area (Å²) in [5.74, 6) is 0.932. The summed E-state index contributed by atoms with van der Waals surface area (Å²) >= 11 is 0. The van der Waals surface area contributed by atoms with Crippen LogP contribution in [-0.2, 0) is 0 Å². The van der Waals surface area contributed by atoms with Crippen molar-refractivity contribution < 1.29 is 0 Å². The van der Waals surface area contributed by atoms with Crippen LogP contribution in [0.5, 0.6) is 0 Å². The van der Waals surface area contributed by atoms with Crippen molar-refractivity contribution in [2.75, 3.05) is 45.8 Å². The Hall–Kier alpha value is -0.120. The molecule has 1 atom stereocenters. The second-order valence-electron chi connectivity index (χ2n) is 7.91. The first-order chi connectivity index (χ1) is 8.97. The summed E-state index contributed by atoms with van der Waals surface area (Å²) in [7, 11) is 0. The second-order valence-corrected chi connectivity index (χ2v) is 7.91. The summed E-state index contributed by atoms with van der Waals surface area (Å²) < 4.78 is 0. The predicted molar refractivity (Wildman–Crippen MR) is 80.4 cm³/mol. The van der Waals surface area contributed by atoms with Gasteiger partial charge < -0.3 is 9.80 Å². The van der Waals surface area contributed by atoms with Crippen LogP contribution >= 0.6 is 0 Å². The average Bonchev–Trinajstić information content (AvgIpc) is 2.67. The molecule has 110 valence electrons. The van der Waals surface area contributed by atoms with E-state index in [-0.39, 0.29) is 0 Å². The fourth-order valence-electron chi connectivity index (χ4n) is 4.26. The van der Waals surface area contributed by atoms with Crippen molar-refractivity contribution in [2.45, 2.75) is 46.2 Å². The van der Waals surface area contributed by atoms with Crippen LogP contribution in [0.25, 0.3) is 0 Å². The van der Waals surface area contributed by atoms with E-state index in [4.69, 9.17) is 0 Å². The first-order valence-electron chi connectivity index (χ1n) is 8.18. The van der Waals surface area contributed by atoms with Gasteiger partial charge in [0, 0.05) is 56.8 Å². The summed E-state index contributed by atoms with van der Waals surface area (Å²) in [5.41, 5.74) is 0.695. The molecule has 3 heterocycles. The minimum atomic E-state index is 0.695. The highest BCUT2D eigenvalue weighted by Gasteiger charge is 2.52. The highest BCUT2D eigenvalue weighted by atomic mass is 15.3. The summed E-state index contributed by atoms with van der Waals surface area (Å²) in [6, 6.07) is 1.48. The van der Waals surface area contributed by atoms with Crippen LogP contribution in [0, 0.1) is 11.3 Å². The average molecular weight is 265 g/mol. The maximum Gasteiger partial charge on any atom is 0.0212 e. The van der Waals surface area contributed by atoms with Crippen LogP contribution in [-0.4, -0.2) is 72.6 Å². The maximum atomic E-state index is 2.71. The third-order valence-electron chi connectivity index (χ3n) is 5.49. The van der Waals surface area contributed by atoms with Crippen molar-refractivity contribution >= 4 is 0 Å². The van der Waals surface area contributed by atoms with Crippen molar-refractivity contribution in [3.8, 4) is 0 Å². The van der Waals surface area contributed by atoms with Gasteiger partial charge in [-0.2, -0.15) is 0 Å². The lowest BCUT2D eigenvalue weighted by Gasteiger charge is -2.62. The van der Waals surface area contributed by atoms with Gasteiger partial charge in [0.2, 0.25) is 0 Å². The van der Waals surface area contributed by atoms with Crippen LogP contribution in [0.4, 0.5) is 0 Å². The van der Waals surface area contributed by atoms with Crippen molar-refractivity contribution in [3.05, 3.63) is 0 Å². The molecule has 0 unspecified atom stereocenters. The number of nitrogens with zero attached hydrogens (tertiary/aromatic N) is 3. The molecule has 3 nitrogen and oxygen atoms in total. The molecule has 19 heavy (non-hydrogen) atoms. The minimum Gasteiger partial charge on any atom is -0.302 e. The van der Waals surface area contributed by atoms with Crippen LogP contribution in [0.1, 0.15) is 34.1 Å². The van der Waals surface area contributed by atoms with E-state index in [0.717, 1.165) is 18.0 Å². The zero-order valence-electron chi connectivity index (χ0n) is 13.2. The van der Waals surface area contributed by atoms with Crippen LogP contribution in [0.3, 0.4) is 0 Å². The third-order valence-corrected chi connectivity index (χ3v) is 5.49. The Morgan fingerprint density at radius 3 is 2.11 bits per heavy atom. The fourth-order valence-corrected chi connectivity index (χ4v) is 4.26. The van der Waals surface area contributed by atoms with Gasteiger partial charge in [0.25, 0.3) is 0 Å². The van der Waals surface area contributed by atoms with Crippen molar-refractivity contribution in [1.29, 1.82) is 0 Å². The molecule has 3 saturated heterocycles. The Kier molecular flexibility index (Phi) is 3.65. The SMILES string of the molecule is CC(C)N1CC[C@@H](CN2CC3(C2)CN(C(C)C)C3)C1. The van der Waals surface area contributed by atoms with Crippen LogP contribution < -0.4 is 0 Å². The highest BCUT2D eigenvalue weighted by Crippen LogP contribution is 2.41. The predicted octanol–water partition coefficient (Wildman–Crippen LogP) is 1.74. The van der Waals surface area contributed by atoms with Gasteiger partial charge in [-0.05, 0) is 46.6 Å². The Labute approximate surface area is 118 Å². The molecule has 3 aliphatic rings. The van der Waals surface area contributed by atoms with Gasteiger partial charge in [0.15, 0.2) is 0 Å². The molecule has 0 radical (unpaired) electrons. The Balaban J connectivity index is 1.37. The quantitative estimate of drug-likeness (QED) is 0.767. The third kappa shape index (κ3) is 2.70. The number of hydrogen-bond acceptors (Lipinski definition) is 3. The highest BCUT2D eigenvalue weighted by molar-refractivity contribution is 5.06. The topological polar surface area (TPSA) is 9.72 Å². The molecule has 0 saturated carbocycles. The largest absolute Gasteiger partial charge is 0.302 e. The van der Waals surface area contributed by atoms with E-state index < -0.39 is 0 Å². The van der Waals surface area contributed by atoms with Crippen LogP contribution in [0.2, 0.25) is 0 Å². The molecule has 0 aromatic rings. The normalized spacial score (nSPS) is 32.2. The molecule has 3 aliphatic heterocycles. The maximum absolute atomic E-state index is 2.71. The fraction of sp³-hybridized carbons (Fsp3) is 1.00. The molecule has 0 aliphatic carbocycles.